The van der Waals surface area contributed by atoms with Gasteiger partial charge >= 0.3 is 0 Å². The van der Waals surface area contributed by atoms with Crippen molar-refractivity contribution in [2.75, 3.05) is 6.61 Å². The third-order valence-electron chi connectivity index (χ3n) is 2.85. The third-order valence-corrected chi connectivity index (χ3v) is 4.33. The molecule has 0 radical (unpaired) electrons. The van der Waals surface area contributed by atoms with Gasteiger partial charge in [0.25, 0.3) is 0 Å². The number of hydrogen-bond acceptors (Lipinski definition) is 3. The lowest BCUT2D eigenvalue weighted by Crippen LogP contribution is -1.96. The zero-order valence-corrected chi connectivity index (χ0v) is 13.5. The van der Waals surface area contributed by atoms with Crippen molar-refractivity contribution in [3.8, 4) is 0 Å². The number of alkyl halides is 1. The first kappa shape index (κ1) is 15.8. The Morgan fingerprint density at radius 2 is 1.95 bits per heavy atom. The van der Waals surface area contributed by atoms with Crippen molar-refractivity contribution in [2.45, 2.75) is 31.7 Å². The van der Waals surface area contributed by atoms with E-state index in [0.29, 0.717) is 12.5 Å². The van der Waals surface area contributed by atoms with E-state index in [1.54, 1.807) is 11.3 Å². The Kier molecular flexibility index (Phi) is 6.80. The van der Waals surface area contributed by atoms with Crippen LogP contribution in [0.2, 0.25) is 5.02 Å². The average molecular weight is 330 g/mol. The molecule has 0 saturated heterocycles. The van der Waals surface area contributed by atoms with Gasteiger partial charge in [-0.25, -0.2) is 4.98 Å². The van der Waals surface area contributed by atoms with Gasteiger partial charge < -0.3 is 4.74 Å². The Hall–Kier alpha value is -0.610. The Morgan fingerprint density at radius 1 is 1.15 bits per heavy atom. The predicted molar refractivity (Wildman–Crippen MR) is 85.7 cm³/mol. The maximum atomic E-state index is 5.83. The molecule has 0 aliphatic rings. The molecule has 1 aromatic heterocycles. The molecule has 0 unspecified atom stereocenters. The van der Waals surface area contributed by atoms with E-state index in [9.17, 15) is 0 Å². The first-order chi connectivity index (χ1) is 9.78. The zero-order valence-electron chi connectivity index (χ0n) is 11.1. The number of benzene rings is 1. The molecule has 5 heteroatoms. The number of ether oxygens (including phenoxy) is 1. The van der Waals surface area contributed by atoms with Gasteiger partial charge in [-0.1, -0.05) is 23.7 Å². The van der Waals surface area contributed by atoms with E-state index in [4.69, 9.17) is 27.9 Å². The second-order valence-electron chi connectivity index (χ2n) is 4.50. The monoisotopic (exact) mass is 329 g/mol. The molecule has 20 heavy (non-hydrogen) atoms. The van der Waals surface area contributed by atoms with Crippen LogP contribution in [0.25, 0.3) is 0 Å². The Morgan fingerprint density at radius 3 is 2.65 bits per heavy atom. The largest absolute Gasteiger partial charge is 0.377 e. The van der Waals surface area contributed by atoms with E-state index in [1.165, 1.54) is 5.01 Å². The highest BCUT2D eigenvalue weighted by Gasteiger charge is 2.01. The van der Waals surface area contributed by atoms with Crippen LogP contribution in [-0.2, 0) is 23.6 Å². The van der Waals surface area contributed by atoms with Crippen LogP contribution in [0.1, 0.15) is 29.1 Å². The van der Waals surface area contributed by atoms with Crippen molar-refractivity contribution in [3.05, 3.63) is 50.9 Å². The summed E-state index contributed by atoms with van der Waals surface area (Å²) in [5.41, 5.74) is 2.13. The van der Waals surface area contributed by atoms with Gasteiger partial charge in [-0.2, -0.15) is 0 Å². The standard InChI is InChI=1S/C15H17Cl2NOS/c16-9-14-11-20-15(18-14)3-1-2-8-19-10-12-4-6-13(17)7-5-12/h4-7,11H,1-3,8-10H2. The van der Waals surface area contributed by atoms with E-state index in [-0.39, 0.29) is 0 Å². The topological polar surface area (TPSA) is 22.1 Å². The summed E-state index contributed by atoms with van der Waals surface area (Å²) in [6, 6.07) is 7.76. The van der Waals surface area contributed by atoms with Gasteiger partial charge in [0.2, 0.25) is 0 Å². The minimum atomic E-state index is 0.501. The van der Waals surface area contributed by atoms with Crippen LogP contribution in [-0.4, -0.2) is 11.6 Å². The average Bonchev–Trinajstić information content (AvgIpc) is 2.92. The highest BCUT2D eigenvalue weighted by molar-refractivity contribution is 7.09. The Labute approximate surface area is 133 Å². The lowest BCUT2D eigenvalue weighted by atomic mass is 10.2. The minimum absolute atomic E-state index is 0.501. The molecule has 0 N–H and O–H groups in total. The van der Waals surface area contributed by atoms with Crippen LogP contribution in [0.4, 0.5) is 0 Å². The zero-order chi connectivity index (χ0) is 14.2. The van der Waals surface area contributed by atoms with Crippen LogP contribution in [0, 0.1) is 0 Å². The molecule has 2 aromatic rings. The normalized spacial score (nSPS) is 10.9. The summed E-state index contributed by atoms with van der Waals surface area (Å²) >= 11 is 13.2. The Balaban J connectivity index is 1.56. The van der Waals surface area contributed by atoms with E-state index >= 15 is 0 Å². The fourth-order valence-corrected chi connectivity index (χ4v) is 2.97. The summed E-state index contributed by atoms with van der Waals surface area (Å²) in [4.78, 5) is 4.44. The first-order valence-corrected chi connectivity index (χ1v) is 8.38. The van der Waals surface area contributed by atoms with Crippen LogP contribution in [0.3, 0.4) is 0 Å². The Bertz CT molecular complexity index is 513. The highest BCUT2D eigenvalue weighted by Crippen LogP contribution is 2.14. The van der Waals surface area contributed by atoms with Gasteiger partial charge in [0.15, 0.2) is 0 Å². The van der Waals surface area contributed by atoms with Crippen molar-refractivity contribution in [1.82, 2.24) is 4.98 Å². The van der Waals surface area contributed by atoms with E-state index in [2.05, 4.69) is 4.98 Å². The number of aryl methyl sites for hydroxylation is 1. The summed E-state index contributed by atoms with van der Waals surface area (Å²) in [7, 11) is 0. The van der Waals surface area contributed by atoms with Crippen LogP contribution < -0.4 is 0 Å². The van der Waals surface area contributed by atoms with Gasteiger partial charge in [-0.05, 0) is 37.0 Å². The van der Waals surface area contributed by atoms with Crippen LogP contribution in [0.15, 0.2) is 29.6 Å². The first-order valence-electron chi connectivity index (χ1n) is 6.59. The van der Waals surface area contributed by atoms with Crippen molar-refractivity contribution in [1.29, 1.82) is 0 Å². The molecule has 0 fully saturated rings. The summed E-state index contributed by atoms with van der Waals surface area (Å²) in [5.74, 6) is 0.501. The summed E-state index contributed by atoms with van der Waals surface area (Å²) in [6.45, 7) is 1.42. The molecule has 108 valence electrons. The molecule has 2 nitrogen and oxygen atoms in total. The van der Waals surface area contributed by atoms with Crippen molar-refractivity contribution in [3.63, 3.8) is 0 Å². The molecule has 1 aromatic carbocycles. The van der Waals surface area contributed by atoms with Gasteiger partial charge in [0, 0.05) is 17.0 Å². The summed E-state index contributed by atoms with van der Waals surface area (Å²) in [6.07, 6.45) is 3.14. The number of nitrogens with zero attached hydrogens (tertiary/aromatic N) is 1. The third kappa shape index (κ3) is 5.41. The van der Waals surface area contributed by atoms with Crippen LogP contribution >= 0.6 is 34.5 Å². The molecule has 0 spiro atoms. The molecule has 1 heterocycles. The van der Waals surface area contributed by atoms with Crippen molar-refractivity contribution < 1.29 is 4.74 Å². The predicted octanol–water partition coefficient (Wildman–Crippen LogP) is 5.07. The molecule has 0 bridgehead atoms. The number of rotatable bonds is 8. The fourth-order valence-electron chi connectivity index (χ4n) is 1.78. The maximum absolute atomic E-state index is 5.83. The molecule has 0 aliphatic heterocycles. The number of hydrogen-bond donors (Lipinski definition) is 0. The van der Waals surface area contributed by atoms with Crippen molar-refractivity contribution >= 4 is 34.5 Å². The summed E-state index contributed by atoms with van der Waals surface area (Å²) in [5, 5.41) is 3.95. The lowest BCUT2D eigenvalue weighted by Gasteiger charge is -2.04. The fraction of sp³-hybridized carbons (Fsp3) is 0.400. The molecule has 2 rings (SSSR count). The molecule has 0 amide bonds. The van der Waals surface area contributed by atoms with E-state index in [1.807, 2.05) is 29.6 Å². The van der Waals surface area contributed by atoms with Gasteiger partial charge in [-0.3, -0.25) is 0 Å². The second kappa shape index (κ2) is 8.63. The number of unbranched alkanes of at least 4 members (excludes halogenated alkanes) is 1. The van der Waals surface area contributed by atoms with E-state index in [0.717, 1.165) is 42.1 Å². The van der Waals surface area contributed by atoms with Crippen LogP contribution in [0.5, 0.6) is 0 Å². The summed E-state index contributed by atoms with van der Waals surface area (Å²) < 4.78 is 5.64. The smallest absolute Gasteiger partial charge is 0.0928 e. The number of aromatic nitrogens is 1. The van der Waals surface area contributed by atoms with Gasteiger partial charge in [0.05, 0.1) is 23.2 Å². The van der Waals surface area contributed by atoms with E-state index < -0.39 is 0 Å². The molecular weight excluding hydrogens is 313 g/mol. The number of halogens is 2. The van der Waals surface area contributed by atoms with Gasteiger partial charge in [-0.15, -0.1) is 22.9 Å². The molecule has 0 atom stereocenters. The lowest BCUT2D eigenvalue weighted by molar-refractivity contribution is 0.117. The highest BCUT2D eigenvalue weighted by atomic mass is 35.5. The maximum Gasteiger partial charge on any atom is 0.0928 e. The van der Waals surface area contributed by atoms with Gasteiger partial charge in [0.1, 0.15) is 0 Å². The molecule has 0 saturated carbocycles. The number of thiazole rings is 1. The SMILES string of the molecule is ClCc1csc(CCCCOCc2ccc(Cl)cc2)n1. The minimum Gasteiger partial charge on any atom is -0.377 e. The second-order valence-corrected chi connectivity index (χ2v) is 6.15. The van der Waals surface area contributed by atoms with Crippen molar-refractivity contribution in [2.24, 2.45) is 0 Å². The molecule has 0 aliphatic carbocycles. The quantitative estimate of drug-likeness (QED) is 0.498. The molecular formula is C15H17Cl2NOS.